The first kappa shape index (κ1) is 17.7. The van der Waals surface area contributed by atoms with Crippen LogP contribution < -0.4 is 0 Å². The van der Waals surface area contributed by atoms with Gasteiger partial charge in [-0.05, 0) is 49.8 Å². The van der Waals surface area contributed by atoms with E-state index >= 15 is 0 Å². The average Bonchev–Trinajstić information content (AvgIpc) is 2.98. The lowest BCUT2D eigenvalue weighted by Gasteiger charge is -2.30. The van der Waals surface area contributed by atoms with Gasteiger partial charge < -0.3 is 4.90 Å². The van der Waals surface area contributed by atoms with Gasteiger partial charge in [-0.3, -0.25) is 4.79 Å². The van der Waals surface area contributed by atoms with Gasteiger partial charge in [0.25, 0.3) is 0 Å². The van der Waals surface area contributed by atoms with E-state index in [0.29, 0.717) is 5.92 Å². The maximum atomic E-state index is 12.8. The summed E-state index contributed by atoms with van der Waals surface area (Å²) in [5.41, 5.74) is 5.19. The van der Waals surface area contributed by atoms with E-state index in [-0.39, 0.29) is 12.5 Å². The van der Waals surface area contributed by atoms with Crippen molar-refractivity contribution in [2.75, 3.05) is 13.1 Å². The van der Waals surface area contributed by atoms with Gasteiger partial charge in [0.2, 0.25) is 5.91 Å². The van der Waals surface area contributed by atoms with Gasteiger partial charge in [0.15, 0.2) is 5.65 Å². The van der Waals surface area contributed by atoms with Crippen LogP contribution in [-0.2, 0) is 11.3 Å². The lowest BCUT2D eigenvalue weighted by Crippen LogP contribution is -2.39. The quantitative estimate of drug-likeness (QED) is 0.708. The van der Waals surface area contributed by atoms with Crippen molar-refractivity contribution in [3.63, 3.8) is 0 Å². The largest absolute Gasteiger partial charge is 0.341 e. The Hall–Kier alpha value is -2.69. The summed E-state index contributed by atoms with van der Waals surface area (Å²) >= 11 is 0. The number of fused-ring (bicyclic) bond motifs is 1. The molecular weight excluding hydrogens is 336 g/mol. The number of benzene rings is 1. The predicted octanol–water partition coefficient (Wildman–Crippen LogP) is 3.97. The van der Waals surface area contributed by atoms with Crippen LogP contribution in [0, 0.1) is 19.8 Å². The molecule has 5 heteroatoms. The molecule has 1 aromatic carbocycles. The van der Waals surface area contributed by atoms with Gasteiger partial charge in [-0.1, -0.05) is 36.8 Å². The van der Waals surface area contributed by atoms with E-state index in [0.717, 1.165) is 53.8 Å². The van der Waals surface area contributed by atoms with E-state index in [2.05, 4.69) is 48.2 Å². The molecule has 0 saturated carbocycles. The Bertz CT molecular complexity index is 983. The van der Waals surface area contributed by atoms with E-state index < -0.39 is 0 Å². The molecule has 0 unspecified atom stereocenters. The molecule has 0 radical (unpaired) electrons. The molecule has 0 spiro atoms. The molecule has 3 heterocycles. The topological polar surface area (TPSA) is 51.0 Å². The van der Waals surface area contributed by atoms with Gasteiger partial charge in [0.1, 0.15) is 6.54 Å². The summed E-state index contributed by atoms with van der Waals surface area (Å²) in [5, 5.41) is 5.69. The Morgan fingerprint density at radius 2 is 1.96 bits per heavy atom. The zero-order valence-corrected chi connectivity index (χ0v) is 16.3. The van der Waals surface area contributed by atoms with Crippen molar-refractivity contribution in [2.24, 2.45) is 5.92 Å². The SMILES string of the molecule is Cc1cccc(-c2ccnc3c2c(C)nn3CC(=O)N2CCC(C)CC2)c1. The number of rotatable bonds is 3. The zero-order chi connectivity index (χ0) is 19.0. The number of hydrogen-bond acceptors (Lipinski definition) is 3. The van der Waals surface area contributed by atoms with Gasteiger partial charge in [0.05, 0.1) is 5.69 Å². The van der Waals surface area contributed by atoms with Gasteiger partial charge in [-0.15, -0.1) is 0 Å². The van der Waals surface area contributed by atoms with Crippen molar-refractivity contribution in [3.05, 3.63) is 47.8 Å². The molecule has 1 aliphatic heterocycles. The summed E-state index contributed by atoms with van der Waals surface area (Å²) in [7, 11) is 0. The standard InChI is InChI=1S/C22H26N4O/c1-15-8-11-25(12-9-15)20(27)14-26-22-21(17(3)24-26)19(7-10-23-22)18-6-4-5-16(2)13-18/h4-7,10,13,15H,8-9,11-12,14H2,1-3H3. The van der Waals surface area contributed by atoms with Crippen molar-refractivity contribution < 1.29 is 4.79 Å². The number of carbonyl (C=O) groups excluding carboxylic acids is 1. The fourth-order valence-electron chi connectivity index (χ4n) is 3.93. The normalized spacial score (nSPS) is 15.4. The highest BCUT2D eigenvalue weighted by molar-refractivity contribution is 5.95. The first-order valence-corrected chi connectivity index (χ1v) is 9.70. The molecule has 27 heavy (non-hydrogen) atoms. The van der Waals surface area contributed by atoms with Crippen LogP contribution in [-0.4, -0.2) is 38.7 Å². The molecule has 0 N–H and O–H groups in total. The summed E-state index contributed by atoms with van der Waals surface area (Å²) in [6.45, 7) is 8.29. The lowest BCUT2D eigenvalue weighted by molar-refractivity contribution is -0.133. The summed E-state index contributed by atoms with van der Waals surface area (Å²) < 4.78 is 1.77. The van der Waals surface area contributed by atoms with Crippen LogP contribution in [0.15, 0.2) is 36.5 Å². The minimum absolute atomic E-state index is 0.133. The Morgan fingerprint density at radius 3 is 2.70 bits per heavy atom. The van der Waals surface area contributed by atoms with E-state index in [1.807, 2.05) is 24.1 Å². The van der Waals surface area contributed by atoms with Crippen LogP contribution in [0.3, 0.4) is 0 Å². The van der Waals surface area contributed by atoms with Gasteiger partial charge in [-0.25, -0.2) is 9.67 Å². The molecular formula is C22H26N4O. The summed E-state index contributed by atoms with van der Waals surface area (Å²) in [5.74, 6) is 0.842. The van der Waals surface area contributed by atoms with Crippen LogP contribution >= 0.6 is 0 Å². The van der Waals surface area contributed by atoms with E-state index in [9.17, 15) is 4.79 Å². The summed E-state index contributed by atoms with van der Waals surface area (Å²) in [6, 6.07) is 10.5. The fourth-order valence-corrected chi connectivity index (χ4v) is 3.93. The molecule has 0 bridgehead atoms. The fraction of sp³-hybridized carbons (Fsp3) is 0.409. The maximum Gasteiger partial charge on any atom is 0.244 e. The third-order valence-electron chi connectivity index (χ3n) is 5.56. The molecule has 140 valence electrons. The highest BCUT2D eigenvalue weighted by Crippen LogP contribution is 2.30. The molecule has 1 amide bonds. The number of aromatic nitrogens is 3. The first-order chi connectivity index (χ1) is 13.0. The molecule has 4 rings (SSSR count). The summed E-state index contributed by atoms with van der Waals surface area (Å²) in [6.07, 6.45) is 3.98. The highest BCUT2D eigenvalue weighted by atomic mass is 16.2. The number of piperidine rings is 1. The van der Waals surface area contributed by atoms with E-state index in [1.165, 1.54) is 5.56 Å². The van der Waals surface area contributed by atoms with Gasteiger partial charge >= 0.3 is 0 Å². The zero-order valence-electron chi connectivity index (χ0n) is 16.3. The Labute approximate surface area is 160 Å². The number of likely N-dealkylation sites (tertiary alicyclic amines) is 1. The van der Waals surface area contributed by atoms with Crippen LogP contribution in [0.5, 0.6) is 0 Å². The number of hydrogen-bond donors (Lipinski definition) is 0. The van der Waals surface area contributed by atoms with Crippen LogP contribution in [0.25, 0.3) is 22.2 Å². The third kappa shape index (κ3) is 3.46. The lowest BCUT2D eigenvalue weighted by atomic mass is 9.99. The van der Waals surface area contributed by atoms with Crippen LogP contribution in [0.4, 0.5) is 0 Å². The monoisotopic (exact) mass is 362 g/mol. The molecule has 2 aromatic heterocycles. The maximum absolute atomic E-state index is 12.8. The van der Waals surface area contributed by atoms with Crippen LogP contribution in [0.1, 0.15) is 31.0 Å². The summed E-state index contributed by atoms with van der Waals surface area (Å²) in [4.78, 5) is 19.3. The Morgan fingerprint density at radius 1 is 1.19 bits per heavy atom. The molecule has 0 atom stereocenters. The molecule has 3 aromatic rings. The first-order valence-electron chi connectivity index (χ1n) is 9.70. The molecule has 1 fully saturated rings. The minimum atomic E-state index is 0.133. The molecule has 1 aliphatic rings. The second kappa shape index (κ2) is 7.14. The average molecular weight is 362 g/mol. The predicted molar refractivity (Wildman–Crippen MR) is 107 cm³/mol. The van der Waals surface area contributed by atoms with Crippen molar-refractivity contribution in [2.45, 2.75) is 40.2 Å². The van der Waals surface area contributed by atoms with E-state index in [1.54, 1.807) is 4.68 Å². The van der Waals surface area contributed by atoms with Crippen molar-refractivity contribution in [1.82, 2.24) is 19.7 Å². The minimum Gasteiger partial charge on any atom is -0.341 e. The van der Waals surface area contributed by atoms with Crippen LogP contribution in [0.2, 0.25) is 0 Å². The van der Waals surface area contributed by atoms with Crippen molar-refractivity contribution >= 4 is 16.9 Å². The van der Waals surface area contributed by atoms with E-state index in [4.69, 9.17) is 0 Å². The number of pyridine rings is 1. The third-order valence-corrected chi connectivity index (χ3v) is 5.56. The Balaban J connectivity index is 1.67. The molecule has 0 aliphatic carbocycles. The second-order valence-corrected chi connectivity index (χ2v) is 7.73. The number of carbonyl (C=O) groups is 1. The number of amides is 1. The van der Waals surface area contributed by atoms with Crippen molar-refractivity contribution in [3.8, 4) is 11.1 Å². The second-order valence-electron chi connectivity index (χ2n) is 7.73. The molecule has 5 nitrogen and oxygen atoms in total. The number of nitrogens with zero attached hydrogens (tertiary/aromatic N) is 4. The van der Waals surface area contributed by atoms with Gasteiger partial charge in [-0.2, -0.15) is 5.10 Å². The van der Waals surface area contributed by atoms with Gasteiger partial charge in [0, 0.05) is 24.7 Å². The number of aryl methyl sites for hydroxylation is 2. The molecule has 1 saturated heterocycles. The van der Waals surface area contributed by atoms with Crippen molar-refractivity contribution in [1.29, 1.82) is 0 Å². The smallest absolute Gasteiger partial charge is 0.244 e. The Kier molecular flexibility index (Phi) is 4.68. The highest BCUT2D eigenvalue weighted by Gasteiger charge is 2.22.